The molecule has 0 spiro atoms. The average molecular weight is 786 g/mol. The van der Waals surface area contributed by atoms with E-state index in [1.165, 1.54) is 91.9 Å². The summed E-state index contributed by atoms with van der Waals surface area (Å²) in [5, 5.41) is 2.91. The van der Waals surface area contributed by atoms with Crippen LogP contribution in [0.1, 0.15) is 114 Å². The zero-order chi connectivity index (χ0) is 41.3. The van der Waals surface area contributed by atoms with Crippen LogP contribution in [0.4, 0.5) is 35.1 Å². The van der Waals surface area contributed by atoms with E-state index in [2.05, 4.69) is 33.0 Å². The third-order valence-corrected chi connectivity index (χ3v) is 13.7. The number of benzene rings is 4. The molecule has 0 aromatic heterocycles. The molecule has 10 heteroatoms. The van der Waals surface area contributed by atoms with Gasteiger partial charge in [0.05, 0.1) is 11.1 Å². The van der Waals surface area contributed by atoms with Gasteiger partial charge in [-0.3, -0.25) is 0 Å². The molecule has 4 aromatic rings. The number of rotatable bonds is 8. The molecule has 0 amide bonds. The van der Waals surface area contributed by atoms with Crippen molar-refractivity contribution < 1.29 is 40.4 Å². The molecule has 0 atom stereocenters. The molecular formula is C46H56BF8N. The second-order valence-electron chi connectivity index (χ2n) is 17.3. The Morgan fingerprint density at radius 3 is 0.857 bits per heavy atom. The van der Waals surface area contributed by atoms with E-state index in [1.807, 2.05) is 0 Å². The Morgan fingerprint density at radius 2 is 0.643 bits per heavy atom. The molecule has 56 heavy (non-hydrogen) atoms. The third kappa shape index (κ3) is 8.19. The number of nitrogens with two attached hydrogens (primary N) is 1. The van der Waals surface area contributed by atoms with Crippen molar-refractivity contribution in [3.05, 3.63) is 117 Å². The minimum absolute atomic E-state index is 0.237. The van der Waals surface area contributed by atoms with Gasteiger partial charge in [-0.05, 0) is 75.6 Å². The molecule has 0 unspecified atom stereocenters. The molecule has 1 nitrogen and oxygen atoms in total. The van der Waals surface area contributed by atoms with Crippen molar-refractivity contribution in [2.24, 2.45) is 11.8 Å². The fourth-order valence-electron chi connectivity index (χ4n) is 10.2. The Balaban J connectivity index is 0.000000265. The number of hydrogen-bond donors (Lipinski definition) is 1. The first-order valence-corrected chi connectivity index (χ1v) is 20.2. The molecule has 2 saturated carbocycles. The lowest BCUT2D eigenvalue weighted by molar-refractivity contribution is -0.806. The van der Waals surface area contributed by atoms with E-state index in [-0.39, 0.29) is 44.1 Å². The molecular weight excluding hydrogens is 729 g/mol. The zero-order valence-electron chi connectivity index (χ0n) is 34.0. The van der Waals surface area contributed by atoms with Gasteiger partial charge in [-0.15, -0.1) is 0 Å². The predicted molar refractivity (Wildman–Crippen MR) is 212 cm³/mol. The van der Waals surface area contributed by atoms with Gasteiger partial charge in [0.2, 0.25) is 0 Å². The fourth-order valence-corrected chi connectivity index (χ4v) is 10.2. The standard InChI is InChI=1S/C28H20BF8.C18H35N/c1-13-21(5-17(30)9-25(13)34)29(22-6-18(31)10-26(35)14(22)2,23-7-19(32)11-27(36)15(23)3)24-8-20(33)12-28(37)16(24)4;1-15(2)17(11-7-5-8-12-17)19-18(16(3)4)13-9-6-10-14-18/h5-12H,1-4H3;15-16,19H,5-14H2,1-4H3/q-1;/p+1. The van der Waals surface area contributed by atoms with Gasteiger partial charge in [-0.2, -0.15) is 21.9 Å². The SMILES string of the molecule is CC(C)C1([NH2+]C2(C(C)C)CCCCC2)CCCCC1.Cc1c(F)cc(F)cc1[B-](c1cc(F)cc(F)c1C)(c1cc(F)cc(F)c1C)c1cc(F)cc(F)c1C. The second-order valence-corrected chi connectivity index (χ2v) is 17.3. The van der Waals surface area contributed by atoms with Gasteiger partial charge in [0.1, 0.15) is 52.7 Å². The quantitative estimate of drug-likeness (QED) is 0.136. The summed E-state index contributed by atoms with van der Waals surface area (Å²) in [7, 11) is 0. The van der Waals surface area contributed by atoms with Crippen molar-refractivity contribution in [3.63, 3.8) is 0 Å². The molecule has 2 N–H and O–H groups in total. The van der Waals surface area contributed by atoms with Gasteiger partial charge in [-0.1, -0.05) is 64.8 Å². The highest BCUT2D eigenvalue weighted by Crippen LogP contribution is 2.37. The smallest absolute Gasteiger partial charge is 0.125 e. The lowest BCUT2D eigenvalue weighted by Crippen LogP contribution is -3.08. The summed E-state index contributed by atoms with van der Waals surface area (Å²) in [5.74, 6) is -7.06. The largest absolute Gasteiger partial charge is 0.336 e. The molecule has 2 aliphatic rings. The molecule has 0 heterocycles. The maximum atomic E-state index is 15.0. The molecule has 0 aliphatic heterocycles. The summed E-state index contributed by atoms with van der Waals surface area (Å²) in [6.07, 6.45) is 11.2. The molecule has 304 valence electrons. The van der Waals surface area contributed by atoms with E-state index in [4.69, 9.17) is 0 Å². The topological polar surface area (TPSA) is 16.6 Å². The number of hydrogen-bond acceptors (Lipinski definition) is 0. The van der Waals surface area contributed by atoms with Crippen LogP contribution in [0.5, 0.6) is 0 Å². The monoisotopic (exact) mass is 785 g/mol. The van der Waals surface area contributed by atoms with E-state index < -0.39 is 52.7 Å². The first kappa shape index (κ1) is 43.5. The van der Waals surface area contributed by atoms with Crippen molar-refractivity contribution in [3.8, 4) is 0 Å². The normalized spacial score (nSPS) is 16.9. The predicted octanol–water partition coefficient (Wildman–Crippen LogP) is 9.68. The highest BCUT2D eigenvalue weighted by molar-refractivity contribution is 7.20. The van der Waals surface area contributed by atoms with Crippen LogP contribution in [0.15, 0.2) is 48.5 Å². The van der Waals surface area contributed by atoms with Crippen LogP contribution in [-0.4, -0.2) is 17.2 Å². The van der Waals surface area contributed by atoms with E-state index in [9.17, 15) is 17.6 Å². The van der Waals surface area contributed by atoms with Crippen LogP contribution >= 0.6 is 0 Å². The molecule has 2 fully saturated rings. The minimum atomic E-state index is -3.39. The Morgan fingerprint density at radius 1 is 0.411 bits per heavy atom. The van der Waals surface area contributed by atoms with Crippen LogP contribution in [-0.2, 0) is 0 Å². The highest BCUT2D eigenvalue weighted by Gasteiger charge is 2.49. The summed E-state index contributed by atoms with van der Waals surface area (Å²) in [5.41, 5.74) is -0.980. The maximum Gasteiger partial charge on any atom is 0.125 e. The fraction of sp³-hybridized carbons (Fsp3) is 0.478. The maximum absolute atomic E-state index is 15.0. The van der Waals surface area contributed by atoms with Crippen LogP contribution in [0.3, 0.4) is 0 Å². The van der Waals surface area contributed by atoms with Gasteiger partial charge < -0.3 is 5.32 Å². The molecule has 6 rings (SSSR count). The molecule has 0 bridgehead atoms. The first-order valence-electron chi connectivity index (χ1n) is 20.2. The van der Waals surface area contributed by atoms with Gasteiger partial charge >= 0.3 is 0 Å². The van der Waals surface area contributed by atoms with Crippen LogP contribution < -0.4 is 27.2 Å². The zero-order valence-corrected chi connectivity index (χ0v) is 34.0. The van der Waals surface area contributed by atoms with Crippen molar-refractivity contribution in [1.29, 1.82) is 0 Å². The molecule has 0 saturated heterocycles. The van der Waals surface area contributed by atoms with E-state index in [0.717, 1.165) is 36.1 Å². The summed E-state index contributed by atoms with van der Waals surface area (Å²) in [4.78, 5) is 0. The van der Waals surface area contributed by atoms with Crippen LogP contribution in [0.2, 0.25) is 0 Å². The van der Waals surface area contributed by atoms with Gasteiger partial charge in [0.15, 0.2) is 0 Å². The van der Waals surface area contributed by atoms with Gasteiger partial charge in [-0.25, -0.2) is 35.1 Å². The Labute approximate surface area is 327 Å². The number of halogens is 8. The lowest BCUT2D eigenvalue weighted by Gasteiger charge is -2.49. The van der Waals surface area contributed by atoms with E-state index in [0.29, 0.717) is 35.3 Å². The summed E-state index contributed by atoms with van der Waals surface area (Å²) < 4.78 is 119. The molecule has 2 aliphatic carbocycles. The van der Waals surface area contributed by atoms with Crippen molar-refractivity contribution in [2.75, 3.05) is 0 Å². The van der Waals surface area contributed by atoms with Crippen LogP contribution in [0.25, 0.3) is 0 Å². The van der Waals surface area contributed by atoms with Crippen molar-refractivity contribution >= 4 is 28.0 Å². The lowest BCUT2D eigenvalue weighted by atomic mass is 9.11. The first-order chi connectivity index (χ1) is 26.3. The second kappa shape index (κ2) is 17.1. The highest BCUT2D eigenvalue weighted by atomic mass is 19.2. The summed E-state index contributed by atoms with van der Waals surface area (Å²) >= 11 is 0. The Bertz CT molecular complexity index is 1780. The van der Waals surface area contributed by atoms with Gasteiger partial charge in [0, 0.05) is 61.8 Å². The van der Waals surface area contributed by atoms with E-state index in [1.54, 1.807) is 0 Å². The minimum Gasteiger partial charge on any atom is -0.336 e. The average Bonchev–Trinajstić information content (AvgIpc) is 3.13. The summed E-state index contributed by atoms with van der Waals surface area (Å²) in [6, 6.07) is 5.67. The van der Waals surface area contributed by atoms with Gasteiger partial charge in [0.25, 0.3) is 0 Å². The van der Waals surface area contributed by atoms with Crippen molar-refractivity contribution in [2.45, 2.75) is 131 Å². The van der Waals surface area contributed by atoms with Crippen LogP contribution in [0, 0.1) is 86.1 Å². The molecule has 4 aromatic carbocycles. The Kier molecular flexibility index (Phi) is 13.2. The third-order valence-electron chi connectivity index (χ3n) is 13.7. The molecule has 0 radical (unpaired) electrons. The number of quaternary nitrogens is 1. The van der Waals surface area contributed by atoms with E-state index >= 15 is 17.6 Å². The Hall–Kier alpha value is -3.66. The van der Waals surface area contributed by atoms with Crippen molar-refractivity contribution in [1.82, 2.24) is 0 Å². The summed E-state index contributed by atoms with van der Waals surface area (Å²) in [6.45, 7) is 14.8.